The maximum Gasteiger partial charge on any atom is 0.192 e. The van der Waals surface area contributed by atoms with E-state index >= 15 is 0 Å². The van der Waals surface area contributed by atoms with Gasteiger partial charge in [-0.25, -0.2) is 0 Å². The van der Waals surface area contributed by atoms with Gasteiger partial charge in [-0.15, -0.1) is 0 Å². The molecule has 0 spiro atoms. The standard InChI is InChI=1S/C14H29BO3Si/c1-9(2)14-8-16-10(12(15)17-14)11(14)18-19(6,7)13(3,4)5/h9-12H,8,15H2,1-7H3/t10-,11+,12-,14-/m1/s1. The fourth-order valence-corrected chi connectivity index (χ4v) is 4.18. The molecule has 0 aromatic heterocycles. The smallest absolute Gasteiger partial charge is 0.192 e. The van der Waals surface area contributed by atoms with Crippen molar-refractivity contribution in [1.82, 2.24) is 0 Å². The third kappa shape index (κ3) is 2.33. The van der Waals surface area contributed by atoms with Crippen molar-refractivity contribution in [1.29, 1.82) is 0 Å². The van der Waals surface area contributed by atoms with E-state index in [9.17, 15) is 0 Å². The maximum atomic E-state index is 6.67. The second-order valence-corrected chi connectivity index (χ2v) is 12.8. The molecule has 2 rings (SSSR count). The lowest BCUT2D eigenvalue weighted by atomic mass is 9.86. The van der Waals surface area contributed by atoms with Gasteiger partial charge in [-0.05, 0) is 24.1 Å². The van der Waals surface area contributed by atoms with Gasteiger partial charge in [-0.1, -0.05) is 34.6 Å². The molecule has 0 N–H and O–H groups in total. The van der Waals surface area contributed by atoms with E-state index in [1.165, 1.54) is 0 Å². The molecule has 2 aliphatic heterocycles. The van der Waals surface area contributed by atoms with Crippen LogP contribution in [0.4, 0.5) is 0 Å². The van der Waals surface area contributed by atoms with E-state index < -0.39 is 8.32 Å². The molecule has 0 amide bonds. The van der Waals surface area contributed by atoms with Crippen molar-refractivity contribution in [3.63, 3.8) is 0 Å². The van der Waals surface area contributed by atoms with E-state index in [1.54, 1.807) is 0 Å². The van der Waals surface area contributed by atoms with Crippen molar-refractivity contribution in [3.8, 4) is 0 Å². The first kappa shape index (κ1) is 15.5. The van der Waals surface area contributed by atoms with Gasteiger partial charge in [0, 0.05) is 0 Å². The minimum atomic E-state index is -1.80. The van der Waals surface area contributed by atoms with Crippen LogP contribution in [0.2, 0.25) is 18.1 Å². The first-order valence-electron chi connectivity index (χ1n) is 7.48. The third-order valence-corrected chi connectivity index (χ3v) is 9.81. The summed E-state index contributed by atoms with van der Waals surface area (Å²) < 4.78 is 18.9. The van der Waals surface area contributed by atoms with E-state index in [4.69, 9.17) is 13.9 Å². The Hall–Kier alpha value is 0.162. The minimum Gasteiger partial charge on any atom is -0.408 e. The molecule has 0 unspecified atom stereocenters. The van der Waals surface area contributed by atoms with Crippen molar-refractivity contribution in [2.75, 3.05) is 6.61 Å². The van der Waals surface area contributed by atoms with Crippen molar-refractivity contribution < 1.29 is 13.9 Å². The maximum absolute atomic E-state index is 6.67. The summed E-state index contributed by atoms with van der Waals surface area (Å²) in [4.78, 5) is 0. The predicted octanol–water partition coefficient (Wildman–Crippen LogP) is 2.16. The fourth-order valence-electron chi connectivity index (χ4n) is 2.86. The highest BCUT2D eigenvalue weighted by Crippen LogP contribution is 2.48. The van der Waals surface area contributed by atoms with Crippen molar-refractivity contribution in [2.45, 2.75) is 76.6 Å². The van der Waals surface area contributed by atoms with Crippen LogP contribution in [0.25, 0.3) is 0 Å². The average Bonchev–Trinajstić information content (AvgIpc) is 2.68. The summed E-state index contributed by atoms with van der Waals surface area (Å²) in [6, 6.07) is 0.144. The van der Waals surface area contributed by atoms with Crippen LogP contribution in [0.5, 0.6) is 0 Å². The normalized spacial score (nSPS) is 39.3. The highest BCUT2D eigenvalue weighted by Gasteiger charge is 2.63. The number of hydrogen-bond acceptors (Lipinski definition) is 3. The van der Waals surface area contributed by atoms with Crippen LogP contribution in [-0.2, 0) is 13.9 Å². The largest absolute Gasteiger partial charge is 0.408 e. The molecule has 2 heterocycles. The molecule has 0 aliphatic carbocycles. The molecule has 2 saturated heterocycles. The molecule has 110 valence electrons. The van der Waals surface area contributed by atoms with Gasteiger partial charge < -0.3 is 13.9 Å². The molecule has 3 nitrogen and oxygen atoms in total. The molecule has 0 aromatic carbocycles. The topological polar surface area (TPSA) is 27.7 Å². The van der Waals surface area contributed by atoms with Crippen LogP contribution < -0.4 is 0 Å². The zero-order chi connectivity index (χ0) is 14.6. The highest BCUT2D eigenvalue weighted by molar-refractivity contribution is 6.74. The summed E-state index contributed by atoms with van der Waals surface area (Å²) >= 11 is 0. The molecule has 4 atom stereocenters. The van der Waals surface area contributed by atoms with E-state index in [1.807, 2.05) is 0 Å². The molecule has 2 bridgehead atoms. The summed E-state index contributed by atoms with van der Waals surface area (Å²) in [6.07, 6.45) is 0.208. The van der Waals surface area contributed by atoms with Gasteiger partial charge in [0.05, 0.1) is 12.6 Å². The van der Waals surface area contributed by atoms with Crippen LogP contribution in [-0.4, -0.2) is 46.6 Å². The Labute approximate surface area is 119 Å². The Kier molecular flexibility index (Phi) is 3.75. The van der Waals surface area contributed by atoms with Gasteiger partial charge in [0.2, 0.25) is 0 Å². The number of ether oxygens (including phenoxy) is 2. The Morgan fingerprint density at radius 1 is 1.32 bits per heavy atom. The first-order valence-corrected chi connectivity index (χ1v) is 10.4. The third-order valence-electron chi connectivity index (χ3n) is 5.35. The van der Waals surface area contributed by atoms with E-state index in [0.29, 0.717) is 12.5 Å². The van der Waals surface area contributed by atoms with Crippen molar-refractivity contribution >= 4 is 16.2 Å². The molecular weight excluding hydrogens is 255 g/mol. The van der Waals surface area contributed by atoms with Crippen LogP contribution >= 0.6 is 0 Å². The molecule has 0 radical (unpaired) electrons. The van der Waals surface area contributed by atoms with Gasteiger partial charge in [-0.3, -0.25) is 0 Å². The second kappa shape index (κ2) is 4.58. The summed E-state index contributed by atoms with van der Waals surface area (Å²) in [5, 5.41) is 0.219. The zero-order valence-electron chi connectivity index (χ0n) is 13.7. The molecule has 0 saturated carbocycles. The molecule has 19 heavy (non-hydrogen) atoms. The zero-order valence-corrected chi connectivity index (χ0v) is 14.7. The SMILES string of the molecule is B[C@@H]1O[C@@]2(C(C)C)CO[C@@H]1[C@@H]2O[Si](C)(C)C(C)(C)C. The minimum absolute atomic E-state index is 0.100. The Bertz CT molecular complexity index is 353. The predicted molar refractivity (Wildman–Crippen MR) is 82.8 cm³/mol. The lowest BCUT2D eigenvalue weighted by molar-refractivity contribution is -0.137. The molecule has 0 aromatic rings. The number of fused-ring (bicyclic) bond motifs is 2. The summed E-state index contributed by atoms with van der Waals surface area (Å²) in [7, 11) is 0.311. The van der Waals surface area contributed by atoms with Gasteiger partial charge in [0.25, 0.3) is 0 Å². The lowest BCUT2D eigenvalue weighted by Gasteiger charge is -2.42. The van der Waals surface area contributed by atoms with Crippen LogP contribution in [0.3, 0.4) is 0 Å². The first-order chi connectivity index (χ1) is 8.51. The van der Waals surface area contributed by atoms with E-state index in [2.05, 4.69) is 55.6 Å². The van der Waals surface area contributed by atoms with Crippen LogP contribution in [0.1, 0.15) is 34.6 Å². The summed E-state index contributed by atoms with van der Waals surface area (Å²) in [6.45, 7) is 16.6. The van der Waals surface area contributed by atoms with Crippen molar-refractivity contribution in [3.05, 3.63) is 0 Å². The molecule has 5 heteroatoms. The van der Waals surface area contributed by atoms with Gasteiger partial charge >= 0.3 is 0 Å². The quantitative estimate of drug-likeness (QED) is 0.743. The summed E-state index contributed by atoms with van der Waals surface area (Å²) in [5.74, 6) is 0.414. The van der Waals surface area contributed by atoms with E-state index in [0.717, 1.165) is 0 Å². The van der Waals surface area contributed by atoms with Gasteiger partial charge in [0.1, 0.15) is 25.7 Å². The number of hydrogen-bond donors (Lipinski definition) is 0. The molecular formula is C14H29BO3Si. The monoisotopic (exact) mass is 284 g/mol. The molecule has 2 aliphatic rings. The van der Waals surface area contributed by atoms with E-state index in [-0.39, 0.29) is 28.9 Å². The second-order valence-electron chi connectivity index (χ2n) is 8.01. The Morgan fingerprint density at radius 2 is 1.89 bits per heavy atom. The molecule has 2 fully saturated rings. The van der Waals surface area contributed by atoms with Crippen LogP contribution in [0, 0.1) is 5.92 Å². The summed E-state index contributed by atoms with van der Waals surface area (Å²) in [5.41, 5.74) is -0.237. The Balaban J connectivity index is 2.25. The highest BCUT2D eigenvalue weighted by atomic mass is 28.4. The van der Waals surface area contributed by atoms with Crippen LogP contribution in [0.15, 0.2) is 0 Å². The number of rotatable bonds is 3. The average molecular weight is 284 g/mol. The van der Waals surface area contributed by atoms with Gasteiger partial charge in [-0.2, -0.15) is 0 Å². The fraction of sp³-hybridized carbons (Fsp3) is 1.00. The van der Waals surface area contributed by atoms with Crippen molar-refractivity contribution in [2.24, 2.45) is 5.92 Å². The Morgan fingerprint density at radius 3 is 2.32 bits per heavy atom. The van der Waals surface area contributed by atoms with Gasteiger partial charge in [0.15, 0.2) is 8.32 Å². The lowest BCUT2D eigenvalue weighted by Crippen LogP contribution is -2.53.